The molecule has 138 valence electrons. The fourth-order valence-electron chi connectivity index (χ4n) is 3.60. The molecule has 1 amide bonds. The molecule has 0 spiro atoms. The van der Waals surface area contributed by atoms with Crippen molar-refractivity contribution in [3.63, 3.8) is 0 Å². The molecule has 2 aromatic heterocycles. The van der Waals surface area contributed by atoms with Crippen LogP contribution in [0.25, 0.3) is 5.65 Å². The Morgan fingerprint density at radius 2 is 1.96 bits per heavy atom. The van der Waals surface area contributed by atoms with Gasteiger partial charge in [0.25, 0.3) is 5.56 Å². The largest absolute Gasteiger partial charge is 0.351 e. The molecule has 0 bridgehead atoms. The van der Waals surface area contributed by atoms with Gasteiger partial charge in [-0.15, -0.1) is 0 Å². The van der Waals surface area contributed by atoms with Crippen molar-refractivity contribution in [3.8, 4) is 0 Å². The first-order valence-electron chi connectivity index (χ1n) is 9.11. The van der Waals surface area contributed by atoms with Gasteiger partial charge in [-0.1, -0.05) is 30.3 Å². The van der Waals surface area contributed by atoms with Crippen LogP contribution in [0.1, 0.15) is 16.8 Å². The van der Waals surface area contributed by atoms with Crippen molar-refractivity contribution in [2.24, 2.45) is 0 Å². The minimum absolute atomic E-state index is 0.00976. The summed E-state index contributed by atoms with van der Waals surface area (Å²) in [5.74, 6) is 0.00976. The predicted molar refractivity (Wildman–Crippen MR) is 104 cm³/mol. The van der Waals surface area contributed by atoms with Gasteiger partial charge in [0.05, 0.1) is 12.2 Å². The molecule has 1 aromatic carbocycles. The number of pyridine rings is 1. The highest BCUT2D eigenvalue weighted by Gasteiger charge is 2.25. The van der Waals surface area contributed by atoms with Crippen LogP contribution in [-0.2, 0) is 17.8 Å². The quantitative estimate of drug-likeness (QED) is 0.765. The normalized spacial score (nSPS) is 17.8. The van der Waals surface area contributed by atoms with E-state index in [4.69, 9.17) is 0 Å². The van der Waals surface area contributed by atoms with Gasteiger partial charge in [-0.3, -0.25) is 18.9 Å². The Kier molecular flexibility index (Phi) is 4.73. The number of nitrogens with zero attached hydrogens (tertiary/aromatic N) is 3. The molecular weight excluding hydrogens is 340 g/mol. The van der Waals surface area contributed by atoms with Crippen LogP contribution < -0.4 is 10.9 Å². The lowest BCUT2D eigenvalue weighted by Gasteiger charge is -2.33. The van der Waals surface area contributed by atoms with Gasteiger partial charge in [-0.25, -0.2) is 4.98 Å². The molecule has 0 aliphatic carbocycles. The van der Waals surface area contributed by atoms with Gasteiger partial charge >= 0.3 is 0 Å². The molecule has 1 saturated heterocycles. The highest BCUT2D eigenvalue weighted by molar-refractivity contribution is 5.79. The molecule has 6 heteroatoms. The molecule has 1 fully saturated rings. The van der Waals surface area contributed by atoms with Crippen molar-refractivity contribution < 1.29 is 4.79 Å². The first-order valence-corrected chi connectivity index (χ1v) is 9.11. The highest BCUT2D eigenvalue weighted by Crippen LogP contribution is 2.11. The summed E-state index contributed by atoms with van der Waals surface area (Å²) in [4.78, 5) is 31.2. The van der Waals surface area contributed by atoms with Gasteiger partial charge in [0.1, 0.15) is 5.65 Å². The fraction of sp³-hybridized carbons (Fsp3) is 0.286. The maximum absolute atomic E-state index is 12.3. The number of fused-ring (bicyclic) bond motifs is 1. The summed E-state index contributed by atoms with van der Waals surface area (Å²) in [6.07, 6.45) is 2.53. The van der Waals surface area contributed by atoms with Crippen LogP contribution in [-0.4, -0.2) is 39.3 Å². The van der Waals surface area contributed by atoms with Crippen LogP contribution in [0.3, 0.4) is 0 Å². The summed E-state index contributed by atoms with van der Waals surface area (Å²) in [5.41, 5.74) is 3.48. The van der Waals surface area contributed by atoms with Gasteiger partial charge in [-0.2, -0.15) is 0 Å². The maximum atomic E-state index is 12.3. The fourth-order valence-corrected chi connectivity index (χ4v) is 3.60. The zero-order valence-corrected chi connectivity index (χ0v) is 15.3. The third-order valence-electron chi connectivity index (χ3n) is 4.80. The second kappa shape index (κ2) is 7.32. The third kappa shape index (κ3) is 4.06. The molecule has 1 atom stereocenters. The van der Waals surface area contributed by atoms with Gasteiger partial charge < -0.3 is 5.32 Å². The highest BCUT2D eigenvalue weighted by atomic mass is 16.2. The van der Waals surface area contributed by atoms with Gasteiger partial charge in [0.2, 0.25) is 5.91 Å². The van der Waals surface area contributed by atoms with Gasteiger partial charge in [-0.05, 0) is 36.6 Å². The van der Waals surface area contributed by atoms with Crippen LogP contribution in [0, 0.1) is 6.92 Å². The van der Waals surface area contributed by atoms with Crippen molar-refractivity contribution in [1.82, 2.24) is 19.6 Å². The molecule has 0 unspecified atom stereocenters. The van der Waals surface area contributed by atoms with Crippen molar-refractivity contribution in [2.75, 3.05) is 13.1 Å². The SMILES string of the molecule is Cc1ccn2c(=O)cc(CN3CC(=O)N[C@@H](Cc4ccccc4)C3)nc2c1. The summed E-state index contributed by atoms with van der Waals surface area (Å²) in [6, 6.07) is 15.5. The monoisotopic (exact) mass is 362 g/mol. The number of amides is 1. The summed E-state index contributed by atoms with van der Waals surface area (Å²) >= 11 is 0. The maximum Gasteiger partial charge on any atom is 0.258 e. The molecule has 6 nitrogen and oxygen atoms in total. The Labute approximate surface area is 157 Å². The number of carbonyl (C=O) groups is 1. The molecule has 3 aromatic rings. The standard InChI is InChI=1S/C21H22N4O2/c1-15-7-8-25-19(9-15)22-18(11-21(25)27)13-24-12-17(23-20(26)14-24)10-16-5-3-2-4-6-16/h2-9,11,17H,10,12-14H2,1H3,(H,23,26)/t17-/m0/s1. The topological polar surface area (TPSA) is 66.7 Å². The average molecular weight is 362 g/mol. The Bertz CT molecular complexity index is 1030. The van der Waals surface area contributed by atoms with E-state index in [0.717, 1.165) is 18.5 Å². The molecule has 1 aliphatic rings. The number of benzene rings is 1. The van der Waals surface area contributed by atoms with E-state index in [0.29, 0.717) is 24.4 Å². The minimum atomic E-state index is -0.0997. The zero-order valence-electron chi connectivity index (χ0n) is 15.3. The zero-order chi connectivity index (χ0) is 18.8. The Hall–Kier alpha value is -2.99. The number of hydrogen-bond acceptors (Lipinski definition) is 4. The first-order chi connectivity index (χ1) is 13.1. The second-order valence-electron chi connectivity index (χ2n) is 7.14. The van der Waals surface area contributed by atoms with E-state index >= 15 is 0 Å². The van der Waals surface area contributed by atoms with E-state index in [1.807, 2.05) is 37.3 Å². The van der Waals surface area contributed by atoms with E-state index in [2.05, 4.69) is 27.3 Å². The number of aromatic nitrogens is 2. The van der Waals surface area contributed by atoms with Crippen molar-refractivity contribution >= 4 is 11.6 Å². The summed E-state index contributed by atoms with van der Waals surface area (Å²) in [6.45, 7) is 3.51. The Balaban J connectivity index is 1.52. The smallest absolute Gasteiger partial charge is 0.258 e. The summed E-state index contributed by atoms with van der Waals surface area (Å²) in [7, 11) is 0. The molecule has 3 heterocycles. The van der Waals surface area contributed by atoms with Gasteiger partial charge in [0.15, 0.2) is 0 Å². The van der Waals surface area contributed by atoms with Crippen LogP contribution in [0.2, 0.25) is 0 Å². The van der Waals surface area contributed by atoms with Crippen LogP contribution in [0.15, 0.2) is 59.5 Å². The number of hydrogen-bond donors (Lipinski definition) is 1. The number of carbonyl (C=O) groups excluding carboxylic acids is 1. The number of aryl methyl sites for hydroxylation is 1. The number of piperazine rings is 1. The van der Waals surface area contributed by atoms with Crippen molar-refractivity contribution in [3.05, 3.63) is 81.9 Å². The molecule has 27 heavy (non-hydrogen) atoms. The molecular formula is C21H22N4O2. The molecule has 1 N–H and O–H groups in total. The van der Waals surface area contributed by atoms with E-state index in [-0.39, 0.29) is 17.5 Å². The number of nitrogens with one attached hydrogen (secondary N) is 1. The van der Waals surface area contributed by atoms with Crippen molar-refractivity contribution in [1.29, 1.82) is 0 Å². The molecule has 4 rings (SSSR count). The van der Waals surface area contributed by atoms with Crippen LogP contribution >= 0.6 is 0 Å². The van der Waals surface area contributed by atoms with E-state index < -0.39 is 0 Å². The van der Waals surface area contributed by atoms with E-state index in [1.54, 1.807) is 12.3 Å². The molecule has 0 radical (unpaired) electrons. The third-order valence-corrected chi connectivity index (χ3v) is 4.80. The minimum Gasteiger partial charge on any atom is -0.351 e. The van der Waals surface area contributed by atoms with Crippen LogP contribution in [0.4, 0.5) is 0 Å². The Morgan fingerprint density at radius 3 is 2.78 bits per heavy atom. The first kappa shape index (κ1) is 17.4. The molecule has 0 saturated carbocycles. The van der Waals surface area contributed by atoms with Gasteiger partial charge in [0, 0.05) is 31.4 Å². The average Bonchev–Trinajstić information content (AvgIpc) is 2.61. The summed E-state index contributed by atoms with van der Waals surface area (Å²) in [5, 5.41) is 3.06. The second-order valence-corrected chi connectivity index (χ2v) is 7.14. The van der Waals surface area contributed by atoms with Crippen LogP contribution in [0.5, 0.6) is 0 Å². The summed E-state index contributed by atoms with van der Waals surface area (Å²) < 4.78 is 1.54. The van der Waals surface area contributed by atoms with E-state index in [1.165, 1.54) is 9.96 Å². The lowest BCUT2D eigenvalue weighted by molar-refractivity contribution is -0.125. The lowest BCUT2D eigenvalue weighted by Crippen LogP contribution is -2.54. The van der Waals surface area contributed by atoms with Crippen molar-refractivity contribution in [2.45, 2.75) is 25.9 Å². The Morgan fingerprint density at radius 1 is 1.15 bits per heavy atom. The number of rotatable bonds is 4. The lowest BCUT2D eigenvalue weighted by atomic mass is 10.0. The predicted octanol–water partition coefficient (Wildman–Crippen LogP) is 1.55. The van der Waals surface area contributed by atoms with E-state index in [9.17, 15) is 9.59 Å². The molecule has 1 aliphatic heterocycles.